The number of rotatable bonds is 8. The van der Waals surface area contributed by atoms with Crippen LogP contribution in [-0.4, -0.2) is 38.6 Å². The van der Waals surface area contributed by atoms with Crippen molar-refractivity contribution in [3.8, 4) is 0 Å². The lowest BCUT2D eigenvalue weighted by atomic mass is 9.90. The van der Waals surface area contributed by atoms with E-state index in [1.807, 2.05) is 36.4 Å². The summed E-state index contributed by atoms with van der Waals surface area (Å²) in [6, 6.07) is 18.2. The predicted octanol–water partition coefficient (Wildman–Crippen LogP) is 4.06. The lowest BCUT2D eigenvalue weighted by Crippen LogP contribution is -2.41. The maximum absolute atomic E-state index is 12.0. The van der Waals surface area contributed by atoms with Gasteiger partial charge in [-0.3, -0.25) is 9.79 Å². The average molecular weight is 522 g/mol. The third kappa shape index (κ3) is 6.98. The van der Waals surface area contributed by atoms with Crippen LogP contribution in [0.25, 0.3) is 0 Å². The van der Waals surface area contributed by atoms with Gasteiger partial charge in [0, 0.05) is 44.8 Å². The number of hydrogen-bond donors (Lipinski definition) is 3. The van der Waals surface area contributed by atoms with Gasteiger partial charge in [-0.1, -0.05) is 48.5 Å². The van der Waals surface area contributed by atoms with Gasteiger partial charge in [-0.2, -0.15) is 0 Å². The predicted molar refractivity (Wildman–Crippen MR) is 133 cm³/mol. The first kappa shape index (κ1) is 24.1. The molecule has 1 heterocycles. The molecule has 0 aliphatic carbocycles. The second-order valence-electron chi connectivity index (χ2n) is 7.19. The van der Waals surface area contributed by atoms with Crippen molar-refractivity contribution in [1.29, 1.82) is 0 Å². The zero-order valence-corrected chi connectivity index (χ0v) is 19.9. The summed E-state index contributed by atoms with van der Waals surface area (Å²) in [6.07, 6.45) is 1.45. The number of nitrogens with one attached hydrogen (secondary N) is 3. The molecule has 0 bridgehead atoms. The molecule has 0 radical (unpaired) electrons. The molecule has 30 heavy (non-hydrogen) atoms. The van der Waals surface area contributed by atoms with Gasteiger partial charge < -0.3 is 20.7 Å². The Morgan fingerprint density at radius 1 is 1.17 bits per heavy atom. The molecule has 2 aromatic carbocycles. The molecule has 2 unspecified atom stereocenters. The number of benzene rings is 2. The van der Waals surface area contributed by atoms with Crippen LogP contribution in [0, 0.1) is 0 Å². The minimum atomic E-state index is 0. The number of ether oxygens (including phenoxy) is 1. The van der Waals surface area contributed by atoms with E-state index in [1.54, 1.807) is 7.05 Å². The Morgan fingerprint density at radius 3 is 2.67 bits per heavy atom. The van der Waals surface area contributed by atoms with E-state index in [0.29, 0.717) is 19.6 Å². The van der Waals surface area contributed by atoms with Crippen LogP contribution in [-0.2, 0) is 9.53 Å². The highest BCUT2D eigenvalue weighted by Crippen LogP contribution is 2.31. The molecule has 0 aromatic heterocycles. The van der Waals surface area contributed by atoms with E-state index in [0.717, 1.165) is 24.6 Å². The van der Waals surface area contributed by atoms with E-state index in [2.05, 4.69) is 46.1 Å². The largest absolute Gasteiger partial charge is 0.374 e. The van der Waals surface area contributed by atoms with Crippen LogP contribution in [0.15, 0.2) is 59.6 Å². The van der Waals surface area contributed by atoms with Crippen molar-refractivity contribution < 1.29 is 9.53 Å². The molecule has 162 valence electrons. The monoisotopic (exact) mass is 522 g/mol. The normalized spacial score (nSPS) is 16.7. The first-order chi connectivity index (χ1) is 14.2. The Kier molecular flexibility index (Phi) is 10.1. The van der Waals surface area contributed by atoms with Gasteiger partial charge in [0.15, 0.2) is 5.96 Å². The van der Waals surface area contributed by atoms with Crippen molar-refractivity contribution in [3.05, 3.63) is 65.7 Å². The molecule has 0 saturated carbocycles. The second-order valence-corrected chi connectivity index (χ2v) is 7.19. The number of amides is 1. The summed E-state index contributed by atoms with van der Waals surface area (Å²) in [4.78, 5) is 16.2. The van der Waals surface area contributed by atoms with Crippen LogP contribution in [0.1, 0.15) is 42.9 Å². The number of halogens is 1. The van der Waals surface area contributed by atoms with Gasteiger partial charge in [0.05, 0.1) is 6.10 Å². The fourth-order valence-corrected chi connectivity index (χ4v) is 3.48. The number of carbonyl (C=O) groups excluding carboxylic acids is 1. The number of anilines is 1. The minimum Gasteiger partial charge on any atom is -0.374 e. The second kappa shape index (κ2) is 12.5. The third-order valence-corrected chi connectivity index (χ3v) is 5.10. The number of aliphatic imine (C=N–C) groups is 1. The van der Waals surface area contributed by atoms with E-state index in [-0.39, 0.29) is 41.9 Å². The summed E-state index contributed by atoms with van der Waals surface area (Å²) in [5.74, 6) is 0.932. The van der Waals surface area contributed by atoms with Gasteiger partial charge in [0.2, 0.25) is 5.91 Å². The van der Waals surface area contributed by atoms with Gasteiger partial charge in [-0.15, -0.1) is 24.0 Å². The zero-order chi connectivity index (χ0) is 20.5. The van der Waals surface area contributed by atoms with Crippen molar-refractivity contribution in [2.24, 2.45) is 4.99 Å². The Labute approximate surface area is 195 Å². The van der Waals surface area contributed by atoms with E-state index >= 15 is 0 Å². The molecule has 2 atom stereocenters. The fourth-order valence-electron chi connectivity index (χ4n) is 3.48. The molecule has 0 saturated heterocycles. The molecule has 6 nitrogen and oxygen atoms in total. The van der Waals surface area contributed by atoms with Crippen molar-refractivity contribution >= 4 is 41.5 Å². The third-order valence-electron chi connectivity index (χ3n) is 5.10. The van der Waals surface area contributed by atoms with Gasteiger partial charge >= 0.3 is 0 Å². The maximum Gasteiger partial charge on any atom is 0.225 e. The quantitative estimate of drug-likeness (QED) is 0.212. The van der Waals surface area contributed by atoms with Crippen LogP contribution < -0.4 is 16.0 Å². The van der Waals surface area contributed by atoms with E-state index in [9.17, 15) is 4.79 Å². The van der Waals surface area contributed by atoms with E-state index < -0.39 is 0 Å². The van der Waals surface area contributed by atoms with Crippen molar-refractivity contribution in [1.82, 2.24) is 10.6 Å². The molecule has 1 aliphatic heterocycles. The fraction of sp³-hybridized carbons (Fsp3) is 0.391. The lowest BCUT2D eigenvalue weighted by molar-refractivity contribution is -0.116. The van der Waals surface area contributed by atoms with Crippen LogP contribution in [0.5, 0.6) is 0 Å². The summed E-state index contributed by atoms with van der Waals surface area (Å²) in [5, 5.41) is 9.59. The number of hydrogen-bond acceptors (Lipinski definition) is 3. The Bertz CT molecular complexity index is 829. The van der Waals surface area contributed by atoms with Gasteiger partial charge in [-0.05, 0) is 30.5 Å². The summed E-state index contributed by atoms with van der Waals surface area (Å²) in [7, 11) is 1.75. The van der Waals surface area contributed by atoms with Gasteiger partial charge in [-0.25, -0.2) is 0 Å². The number of guanidine groups is 1. The van der Waals surface area contributed by atoms with E-state index in [4.69, 9.17) is 4.74 Å². The van der Waals surface area contributed by atoms with Crippen LogP contribution in [0.3, 0.4) is 0 Å². The van der Waals surface area contributed by atoms with Crippen molar-refractivity contribution in [3.63, 3.8) is 0 Å². The number of carbonyl (C=O) groups is 1. The molecule has 2 aromatic rings. The summed E-state index contributed by atoms with van der Waals surface area (Å²) >= 11 is 0. The molecule has 7 heteroatoms. The average Bonchev–Trinajstić information content (AvgIpc) is 2.75. The summed E-state index contributed by atoms with van der Waals surface area (Å²) < 4.78 is 5.90. The minimum absolute atomic E-state index is 0. The van der Waals surface area contributed by atoms with Gasteiger partial charge in [0.25, 0.3) is 0 Å². The van der Waals surface area contributed by atoms with Crippen LogP contribution in [0.4, 0.5) is 5.69 Å². The maximum atomic E-state index is 12.0. The molecule has 0 fully saturated rings. The molecule has 1 aliphatic rings. The summed E-state index contributed by atoms with van der Waals surface area (Å²) in [6.45, 7) is 4.17. The molecule has 1 amide bonds. The van der Waals surface area contributed by atoms with Crippen LogP contribution in [0.2, 0.25) is 0 Å². The van der Waals surface area contributed by atoms with Crippen LogP contribution >= 0.6 is 24.0 Å². The van der Waals surface area contributed by atoms with Crippen molar-refractivity contribution in [2.45, 2.75) is 31.8 Å². The lowest BCUT2D eigenvalue weighted by Gasteiger charge is -2.26. The standard InChI is InChI=1S/C23H30N4O2.HI/c1-17(18-9-4-3-5-10-18)29-14-8-13-25-23(24-2)26-16-19-15-22(28)27-21-12-7-6-11-20(19)21;/h3-7,9-12,17,19H,8,13-16H2,1-2H3,(H,27,28)(H2,24,25,26);1H. The Balaban J connectivity index is 0.00000320. The highest BCUT2D eigenvalue weighted by atomic mass is 127. The summed E-state index contributed by atoms with van der Waals surface area (Å²) in [5.41, 5.74) is 3.26. The van der Waals surface area contributed by atoms with Gasteiger partial charge in [0.1, 0.15) is 0 Å². The SMILES string of the molecule is CN=C(NCCCOC(C)c1ccccc1)NCC1CC(=O)Nc2ccccc21.I. The smallest absolute Gasteiger partial charge is 0.225 e. The Hall–Kier alpha value is -2.13. The Morgan fingerprint density at radius 2 is 1.90 bits per heavy atom. The van der Waals surface area contributed by atoms with E-state index in [1.165, 1.54) is 11.1 Å². The zero-order valence-electron chi connectivity index (χ0n) is 17.6. The highest BCUT2D eigenvalue weighted by molar-refractivity contribution is 14.0. The number of nitrogens with zero attached hydrogens (tertiary/aromatic N) is 1. The molecule has 3 N–H and O–H groups in total. The molecule has 0 spiro atoms. The molecule has 3 rings (SSSR count). The number of para-hydroxylation sites is 1. The first-order valence-corrected chi connectivity index (χ1v) is 10.2. The topological polar surface area (TPSA) is 74.8 Å². The number of fused-ring (bicyclic) bond motifs is 1. The first-order valence-electron chi connectivity index (χ1n) is 10.2. The highest BCUT2D eigenvalue weighted by Gasteiger charge is 2.24. The molecular weight excluding hydrogens is 491 g/mol. The van der Waals surface area contributed by atoms with Crippen molar-refractivity contribution in [2.75, 3.05) is 32.1 Å². The molecular formula is C23H31IN4O2.